The first-order chi connectivity index (χ1) is 11.6. The maximum atomic E-state index is 13.2. The average molecular weight is 330 g/mol. The molecule has 2 fully saturated rings. The molecule has 5 nitrogen and oxygen atoms in total. The highest BCUT2D eigenvalue weighted by atomic mass is 16.2. The number of hydrogen-bond donors (Lipinski definition) is 0. The summed E-state index contributed by atoms with van der Waals surface area (Å²) in [5.41, 5.74) is 0. The molecule has 0 aromatic carbocycles. The molecule has 1 aliphatic carbocycles. The lowest BCUT2D eigenvalue weighted by Crippen LogP contribution is -2.49. The van der Waals surface area contributed by atoms with Crippen LogP contribution in [0.2, 0.25) is 0 Å². The zero-order chi connectivity index (χ0) is 17.1. The van der Waals surface area contributed by atoms with Crippen LogP contribution < -0.4 is 4.90 Å². The predicted octanol–water partition coefficient (Wildman–Crippen LogP) is 3.12. The van der Waals surface area contributed by atoms with Gasteiger partial charge in [0, 0.05) is 43.5 Å². The van der Waals surface area contributed by atoms with Gasteiger partial charge in [0.25, 0.3) is 0 Å². The molecular weight excluding hydrogens is 300 g/mol. The molecule has 3 rings (SSSR count). The van der Waals surface area contributed by atoms with Gasteiger partial charge in [0.1, 0.15) is 0 Å². The Hall–Kier alpha value is -1.65. The first kappa shape index (κ1) is 17.2. The molecule has 1 aromatic rings. The summed E-state index contributed by atoms with van der Waals surface area (Å²) in [6.07, 6.45) is 8.87. The van der Waals surface area contributed by atoms with Gasteiger partial charge >= 0.3 is 0 Å². The Bertz CT molecular complexity index is 538. The molecule has 1 amide bonds. The fraction of sp³-hybridized carbons (Fsp3) is 0.737. The van der Waals surface area contributed by atoms with Crippen molar-refractivity contribution in [1.82, 2.24) is 14.9 Å². The molecular formula is C19H30N4O. The smallest absolute Gasteiger partial charge is 0.226 e. The Morgan fingerprint density at radius 1 is 1.21 bits per heavy atom. The fourth-order valence-corrected chi connectivity index (χ4v) is 3.67. The maximum Gasteiger partial charge on any atom is 0.226 e. The number of amides is 1. The maximum absolute atomic E-state index is 13.2. The van der Waals surface area contributed by atoms with Crippen LogP contribution in [0.1, 0.15) is 52.9 Å². The summed E-state index contributed by atoms with van der Waals surface area (Å²) in [4.78, 5) is 26.2. The van der Waals surface area contributed by atoms with E-state index in [0.717, 1.165) is 38.3 Å². The van der Waals surface area contributed by atoms with Crippen molar-refractivity contribution in [2.24, 2.45) is 11.8 Å². The molecule has 2 heterocycles. The van der Waals surface area contributed by atoms with E-state index in [1.54, 1.807) is 12.4 Å². The molecule has 0 radical (unpaired) electrons. The van der Waals surface area contributed by atoms with Crippen molar-refractivity contribution in [3.8, 4) is 0 Å². The van der Waals surface area contributed by atoms with Gasteiger partial charge in [0.05, 0.1) is 0 Å². The molecule has 24 heavy (non-hydrogen) atoms. The third-order valence-electron chi connectivity index (χ3n) is 5.78. The van der Waals surface area contributed by atoms with Crippen molar-refractivity contribution < 1.29 is 4.79 Å². The minimum absolute atomic E-state index is 0.164. The van der Waals surface area contributed by atoms with E-state index in [9.17, 15) is 4.79 Å². The summed E-state index contributed by atoms with van der Waals surface area (Å²) in [6.45, 7) is 8.46. The SMILES string of the molecule is CC[C@H](C)[C@@H](C)N(C(=O)C1CCN(c2ncccn2)CC1)C1CC1. The summed E-state index contributed by atoms with van der Waals surface area (Å²) in [5.74, 6) is 1.90. The van der Waals surface area contributed by atoms with Crippen molar-refractivity contribution >= 4 is 11.9 Å². The topological polar surface area (TPSA) is 49.3 Å². The highest BCUT2D eigenvalue weighted by Gasteiger charge is 2.40. The molecule has 132 valence electrons. The van der Waals surface area contributed by atoms with Crippen LogP contribution in [0.4, 0.5) is 5.95 Å². The number of anilines is 1. The molecule has 1 saturated carbocycles. The van der Waals surface area contributed by atoms with Crippen LogP contribution in [-0.2, 0) is 4.79 Å². The lowest BCUT2D eigenvalue weighted by molar-refractivity contribution is -0.140. The second-order valence-electron chi connectivity index (χ2n) is 7.41. The number of carbonyl (C=O) groups excluding carboxylic acids is 1. The van der Waals surface area contributed by atoms with Crippen LogP contribution >= 0.6 is 0 Å². The number of hydrogen-bond acceptors (Lipinski definition) is 4. The minimum Gasteiger partial charge on any atom is -0.341 e. The van der Waals surface area contributed by atoms with Gasteiger partial charge in [-0.3, -0.25) is 4.79 Å². The molecule has 1 saturated heterocycles. The van der Waals surface area contributed by atoms with Gasteiger partial charge in [0.2, 0.25) is 11.9 Å². The first-order valence-corrected chi connectivity index (χ1v) is 9.46. The highest BCUT2D eigenvalue weighted by Crippen LogP contribution is 2.34. The monoisotopic (exact) mass is 330 g/mol. The number of nitrogens with zero attached hydrogens (tertiary/aromatic N) is 4. The van der Waals surface area contributed by atoms with Crippen LogP contribution in [0, 0.1) is 11.8 Å². The zero-order valence-electron chi connectivity index (χ0n) is 15.2. The zero-order valence-corrected chi connectivity index (χ0v) is 15.2. The summed E-state index contributed by atoms with van der Waals surface area (Å²) in [5, 5.41) is 0. The number of piperidine rings is 1. The van der Waals surface area contributed by atoms with Crippen molar-refractivity contribution in [1.29, 1.82) is 0 Å². The third-order valence-corrected chi connectivity index (χ3v) is 5.78. The average Bonchev–Trinajstić information content (AvgIpc) is 3.46. The quantitative estimate of drug-likeness (QED) is 0.804. The van der Waals surface area contributed by atoms with Gasteiger partial charge in [0.15, 0.2) is 0 Å². The second kappa shape index (κ2) is 7.49. The van der Waals surface area contributed by atoms with E-state index in [4.69, 9.17) is 0 Å². The van der Waals surface area contributed by atoms with Gasteiger partial charge in [-0.25, -0.2) is 9.97 Å². The van der Waals surface area contributed by atoms with Gasteiger partial charge in [-0.1, -0.05) is 20.3 Å². The Kier molecular flexibility index (Phi) is 5.36. The third kappa shape index (κ3) is 3.70. The molecule has 1 aliphatic heterocycles. The van der Waals surface area contributed by atoms with E-state index in [-0.39, 0.29) is 5.92 Å². The van der Waals surface area contributed by atoms with Crippen LogP contribution in [0.3, 0.4) is 0 Å². The van der Waals surface area contributed by atoms with Crippen LogP contribution in [0.25, 0.3) is 0 Å². The Morgan fingerprint density at radius 3 is 2.38 bits per heavy atom. The standard InChI is InChI=1S/C19H30N4O/c1-4-14(2)15(3)23(17-6-7-17)18(24)16-8-12-22(13-9-16)19-20-10-5-11-21-19/h5,10-11,14-17H,4,6-9,12-13H2,1-3H3/t14-,15+/m0/s1. The molecule has 2 aliphatic rings. The molecule has 0 spiro atoms. The number of carbonyl (C=O) groups is 1. The minimum atomic E-state index is 0.164. The fourth-order valence-electron chi connectivity index (χ4n) is 3.67. The summed E-state index contributed by atoms with van der Waals surface area (Å²) < 4.78 is 0. The van der Waals surface area contributed by atoms with E-state index in [2.05, 4.69) is 40.5 Å². The lowest BCUT2D eigenvalue weighted by Gasteiger charge is -2.38. The molecule has 0 bridgehead atoms. The van der Waals surface area contributed by atoms with Crippen molar-refractivity contribution in [2.45, 2.75) is 65.0 Å². The van der Waals surface area contributed by atoms with Crippen LogP contribution in [0.15, 0.2) is 18.5 Å². The Labute approximate surface area is 145 Å². The molecule has 0 N–H and O–H groups in total. The van der Waals surface area contributed by atoms with Gasteiger partial charge in [-0.05, 0) is 44.6 Å². The van der Waals surface area contributed by atoms with Gasteiger partial charge < -0.3 is 9.80 Å². The Balaban J connectivity index is 1.61. The summed E-state index contributed by atoms with van der Waals surface area (Å²) >= 11 is 0. The first-order valence-electron chi connectivity index (χ1n) is 9.46. The van der Waals surface area contributed by atoms with Gasteiger partial charge in [-0.2, -0.15) is 0 Å². The van der Waals surface area contributed by atoms with E-state index in [1.807, 2.05) is 6.07 Å². The van der Waals surface area contributed by atoms with Crippen molar-refractivity contribution in [2.75, 3.05) is 18.0 Å². The van der Waals surface area contributed by atoms with E-state index >= 15 is 0 Å². The Morgan fingerprint density at radius 2 is 1.83 bits per heavy atom. The summed E-state index contributed by atoms with van der Waals surface area (Å²) in [6, 6.07) is 2.69. The molecule has 5 heteroatoms. The molecule has 2 atom stereocenters. The van der Waals surface area contributed by atoms with Crippen LogP contribution in [-0.4, -0.2) is 45.9 Å². The lowest BCUT2D eigenvalue weighted by atomic mass is 9.92. The number of rotatable bonds is 6. The van der Waals surface area contributed by atoms with Crippen molar-refractivity contribution in [3.63, 3.8) is 0 Å². The predicted molar refractivity (Wildman–Crippen MR) is 95.8 cm³/mol. The summed E-state index contributed by atoms with van der Waals surface area (Å²) in [7, 11) is 0. The second-order valence-corrected chi connectivity index (χ2v) is 7.41. The van der Waals surface area contributed by atoms with Gasteiger partial charge in [-0.15, -0.1) is 0 Å². The van der Waals surface area contributed by atoms with Crippen molar-refractivity contribution in [3.05, 3.63) is 18.5 Å². The highest BCUT2D eigenvalue weighted by molar-refractivity contribution is 5.80. The largest absolute Gasteiger partial charge is 0.341 e. The van der Waals surface area contributed by atoms with Crippen LogP contribution in [0.5, 0.6) is 0 Å². The van der Waals surface area contributed by atoms with E-state index < -0.39 is 0 Å². The normalized spacial score (nSPS) is 21.4. The number of aromatic nitrogens is 2. The van der Waals surface area contributed by atoms with E-state index in [1.165, 1.54) is 12.8 Å². The van der Waals surface area contributed by atoms with E-state index in [0.29, 0.717) is 23.9 Å². The molecule has 1 aromatic heterocycles. The molecule has 0 unspecified atom stereocenters.